The van der Waals surface area contributed by atoms with Crippen LogP contribution >= 0.6 is 0 Å². The van der Waals surface area contributed by atoms with Gasteiger partial charge in [-0.25, -0.2) is 8.42 Å². The Labute approximate surface area is 134 Å². The number of carbonyl (C=O) groups is 1. The molecule has 0 aromatic rings. The number of amides is 1. The summed E-state index contributed by atoms with van der Waals surface area (Å²) in [7, 11) is -4.42. The first-order chi connectivity index (χ1) is 10.1. The molecule has 1 amide bonds. The molecule has 0 aliphatic rings. The van der Waals surface area contributed by atoms with Crippen LogP contribution in [0, 0.1) is 0 Å². The van der Waals surface area contributed by atoms with Gasteiger partial charge in [-0.15, -0.1) is 0 Å². The van der Waals surface area contributed by atoms with Crippen LogP contribution in [0.2, 0.25) is 0 Å². The van der Waals surface area contributed by atoms with Crippen LogP contribution in [0.15, 0.2) is 12.2 Å². The van der Waals surface area contributed by atoms with E-state index in [1.54, 1.807) is 6.92 Å². The fraction of sp³-hybridized carbons (Fsp3) is 0.786. The molecule has 0 aliphatic heterocycles. The third-order valence-corrected chi connectivity index (χ3v) is 4.06. The van der Waals surface area contributed by atoms with Gasteiger partial charge >= 0.3 is 0 Å². The summed E-state index contributed by atoms with van der Waals surface area (Å²) < 4.78 is 33.1. The average Bonchev–Trinajstić information content (AvgIpc) is 2.43. The summed E-state index contributed by atoms with van der Waals surface area (Å²) in [6.07, 6.45) is 0. The highest BCUT2D eigenvalue weighted by Crippen LogP contribution is 2.04. The van der Waals surface area contributed by atoms with Crippen molar-refractivity contribution in [3.63, 3.8) is 0 Å². The van der Waals surface area contributed by atoms with Crippen LogP contribution in [0.5, 0.6) is 0 Å². The molecule has 132 valence electrons. The van der Waals surface area contributed by atoms with Crippen LogP contribution in [0.4, 0.5) is 0 Å². The zero-order valence-electron chi connectivity index (χ0n) is 14.3. The number of hydrogen-bond donors (Lipinski definition) is 1. The van der Waals surface area contributed by atoms with E-state index in [1.807, 2.05) is 0 Å². The maximum atomic E-state index is 11.3. The van der Waals surface area contributed by atoms with Crippen LogP contribution in [0.25, 0.3) is 0 Å². The molecule has 7 nitrogen and oxygen atoms in total. The predicted molar refractivity (Wildman–Crippen MR) is 85.9 cm³/mol. The van der Waals surface area contributed by atoms with E-state index in [2.05, 4.69) is 36.9 Å². The topological polar surface area (TPSA) is 95.5 Å². The smallest absolute Gasteiger partial charge is 0.246 e. The van der Waals surface area contributed by atoms with Gasteiger partial charge in [-0.3, -0.25) is 8.98 Å². The molecular formula is C14H30N2O5S. The van der Waals surface area contributed by atoms with E-state index in [9.17, 15) is 17.8 Å². The molecule has 22 heavy (non-hydrogen) atoms. The molecule has 0 spiro atoms. The van der Waals surface area contributed by atoms with Gasteiger partial charge in [-0.05, 0) is 34.6 Å². The minimum atomic E-state index is -4.42. The molecule has 0 saturated heterocycles. The number of nitrogens with zero attached hydrogens (tertiary/aromatic N) is 1. The van der Waals surface area contributed by atoms with Crippen molar-refractivity contribution in [3.05, 3.63) is 12.2 Å². The number of carbonyl (C=O) groups excluding carboxylic acids is 1. The second-order valence-corrected chi connectivity index (χ2v) is 5.92. The first kappa shape index (κ1) is 23.3. The van der Waals surface area contributed by atoms with E-state index in [4.69, 9.17) is 0 Å². The SMILES string of the molecule is C=C(C)C(=O)NCC[N+](CC)(CC)CC.CCOS(=O)(=O)[O-]. The van der Waals surface area contributed by atoms with E-state index >= 15 is 0 Å². The van der Waals surface area contributed by atoms with E-state index in [0.29, 0.717) is 5.57 Å². The van der Waals surface area contributed by atoms with Gasteiger partial charge in [0.25, 0.3) is 0 Å². The van der Waals surface area contributed by atoms with Crippen LogP contribution < -0.4 is 5.32 Å². The third kappa shape index (κ3) is 11.7. The van der Waals surface area contributed by atoms with Crippen molar-refractivity contribution in [2.24, 2.45) is 0 Å². The van der Waals surface area contributed by atoms with E-state index < -0.39 is 10.4 Å². The van der Waals surface area contributed by atoms with Gasteiger partial charge in [0, 0.05) is 5.57 Å². The number of quaternary nitrogens is 1. The number of hydrogen-bond acceptors (Lipinski definition) is 5. The molecule has 0 heterocycles. The largest absolute Gasteiger partial charge is 0.726 e. The molecule has 0 aromatic heterocycles. The second-order valence-electron chi connectivity index (χ2n) is 4.86. The second kappa shape index (κ2) is 11.6. The monoisotopic (exact) mass is 338 g/mol. The van der Waals surface area contributed by atoms with Crippen molar-refractivity contribution < 1.29 is 26.4 Å². The molecule has 8 heteroatoms. The fourth-order valence-electron chi connectivity index (χ4n) is 1.85. The van der Waals surface area contributed by atoms with Gasteiger partial charge in [-0.1, -0.05) is 6.58 Å². The zero-order valence-corrected chi connectivity index (χ0v) is 15.2. The highest BCUT2D eigenvalue weighted by Gasteiger charge is 2.20. The lowest BCUT2D eigenvalue weighted by atomic mass is 10.3. The van der Waals surface area contributed by atoms with Gasteiger partial charge in [0.2, 0.25) is 16.3 Å². The first-order valence-electron chi connectivity index (χ1n) is 7.46. The molecule has 0 aromatic carbocycles. The lowest BCUT2D eigenvalue weighted by Crippen LogP contribution is -2.51. The summed E-state index contributed by atoms with van der Waals surface area (Å²) >= 11 is 0. The first-order valence-corrected chi connectivity index (χ1v) is 8.79. The van der Waals surface area contributed by atoms with E-state index in [1.165, 1.54) is 6.92 Å². The predicted octanol–water partition coefficient (Wildman–Crippen LogP) is 1.04. The Kier molecular flexibility index (Phi) is 12.3. The van der Waals surface area contributed by atoms with Gasteiger partial charge in [-0.2, -0.15) is 0 Å². The van der Waals surface area contributed by atoms with Crippen molar-refractivity contribution in [1.82, 2.24) is 5.32 Å². The van der Waals surface area contributed by atoms with Gasteiger partial charge < -0.3 is 14.4 Å². The summed E-state index contributed by atoms with van der Waals surface area (Å²) in [6, 6.07) is 0. The lowest BCUT2D eigenvalue weighted by Gasteiger charge is -2.35. The van der Waals surface area contributed by atoms with Crippen molar-refractivity contribution in [3.8, 4) is 0 Å². The summed E-state index contributed by atoms with van der Waals surface area (Å²) in [5.74, 6) is -0.0311. The van der Waals surface area contributed by atoms with Gasteiger partial charge in [0.15, 0.2) is 0 Å². The van der Waals surface area contributed by atoms with Crippen LogP contribution in [0.1, 0.15) is 34.6 Å². The molecule has 0 saturated carbocycles. The maximum Gasteiger partial charge on any atom is 0.246 e. The van der Waals surface area contributed by atoms with Crippen molar-refractivity contribution in [2.45, 2.75) is 34.6 Å². The summed E-state index contributed by atoms with van der Waals surface area (Å²) in [5, 5.41) is 2.89. The minimum Gasteiger partial charge on any atom is -0.726 e. The standard InChI is InChI=1S/C12H24N2O.C2H6O4S/c1-6-14(7-2,8-3)10-9-13-12(15)11(4)5;1-2-6-7(3,4)5/h4,6-10H2,1-3,5H3;2H2,1H3,(H,3,4,5). The Bertz CT molecular complexity index is 422. The zero-order chi connectivity index (χ0) is 17.8. The third-order valence-electron chi connectivity index (χ3n) is 3.53. The molecule has 0 aliphatic carbocycles. The lowest BCUT2D eigenvalue weighted by molar-refractivity contribution is -0.922. The molecule has 0 radical (unpaired) electrons. The summed E-state index contributed by atoms with van der Waals surface area (Å²) in [6.45, 7) is 18.4. The fourth-order valence-corrected chi connectivity index (χ4v) is 2.14. The number of rotatable bonds is 9. The van der Waals surface area contributed by atoms with Crippen LogP contribution in [-0.4, -0.2) is 62.7 Å². The molecule has 0 atom stereocenters. The highest BCUT2D eigenvalue weighted by molar-refractivity contribution is 7.80. The number of likely N-dealkylation sites (N-methyl/N-ethyl adjacent to an activating group) is 1. The molecule has 0 fully saturated rings. The van der Waals surface area contributed by atoms with Crippen LogP contribution in [-0.2, 0) is 19.4 Å². The number of nitrogens with one attached hydrogen (secondary N) is 1. The summed E-state index contributed by atoms with van der Waals surface area (Å²) in [5.41, 5.74) is 0.581. The molecule has 0 unspecified atom stereocenters. The molecule has 0 rings (SSSR count). The highest BCUT2D eigenvalue weighted by atomic mass is 32.3. The normalized spacial score (nSPS) is 11.4. The molecular weight excluding hydrogens is 308 g/mol. The Morgan fingerprint density at radius 2 is 1.64 bits per heavy atom. The molecule has 1 N–H and O–H groups in total. The Balaban J connectivity index is 0. The Morgan fingerprint density at radius 1 is 1.18 bits per heavy atom. The average molecular weight is 338 g/mol. The quantitative estimate of drug-likeness (QED) is 0.293. The van der Waals surface area contributed by atoms with Gasteiger partial charge in [0.05, 0.1) is 39.3 Å². The van der Waals surface area contributed by atoms with Crippen molar-refractivity contribution in [1.29, 1.82) is 0 Å². The van der Waals surface area contributed by atoms with E-state index in [-0.39, 0.29) is 12.5 Å². The Morgan fingerprint density at radius 3 is 1.86 bits per heavy atom. The van der Waals surface area contributed by atoms with Gasteiger partial charge in [0.1, 0.15) is 0 Å². The van der Waals surface area contributed by atoms with Crippen molar-refractivity contribution in [2.75, 3.05) is 39.3 Å². The van der Waals surface area contributed by atoms with E-state index in [0.717, 1.165) is 37.2 Å². The molecule has 0 bridgehead atoms. The maximum absolute atomic E-state index is 11.3. The van der Waals surface area contributed by atoms with Crippen LogP contribution in [0.3, 0.4) is 0 Å². The van der Waals surface area contributed by atoms with Crippen molar-refractivity contribution >= 4 is 16.3 Å². The Hall–Kier alpha value is -0.960. The summed E-state index contributed by atoms with van der Waals surface area (Å²) in [4.78, 5) is 11.3. The minimum absolute atomic E-state index is 0.0311.